The molecule has 0 radical (unpaired) electrons. The number of halogens is 2. The number of hydrogen-bond acceptors (Lipinski definition) is 1. The molecule has 106 valence electrons. The summed E-state index contributed by atoms with van der Waals surface area (Å²) < 4.78 is 14.4. The van der Waals surface area contributed by atoms with Crippen LogP contribution in [0, 0.1) is 19.7 Å². The van der Waals surface area contributed by atoms with Gasteiger partial charge in [-0.1, -0.05) is 36.7 Å². The Balaban J connectivity index is 2.51. The highest BCUT2D eigenvalue weighted by atomic mass is 35.5. The molecule has 0 fully saturated rings. The van der Waals surface area contributed by atoms with Crippen molar-refractivity contribution in [1.82, 2.24) is 5.32 Å². The molecule has 2 aromatic rings. The van der Waals surface area contributed by atoms with Crippen molar-refractivity contribution >= 4 is 11.6 Å². The summed E-state index contributed by atoms with van der Waals surface area (Å²) in [7, 11) is 0. The summed E-state index contributed by atoms with van der Waals surface area (Å²) in [6.45, 7) is 6.64. The van der Waals surface area contributed by atoms with Crippen LogP contribution in [0.5, 0.6) is 0 Å². The summed E-state index contributed by atoms with van der Waals surface area (Å²) >= 11 is 5.93. The Labute approximate surface area is 124 Å². The smallest absolute Gasteiger partial charge is 0.128 e. The average molecular weight is 292 g/mol. The maximum Gasteiger partial charge on any atom is 0.128 e. The van der Waals surface area contributed by atoms with Gasteiger partial charge in [-0.3, -0.25) is 0 Å². The van der Waals surface area contributed by atoms with Crippen molar-refractivity contribution in [2.45, 2.75) is 26.8 Å². The van der Waals surface area contributed by atoms with Gasteiger partial charge in [-0.25, -0.2) is 4.39 Å². The fourth-order valence-electron chi connectivity index (χ4n) is 2.54. The fraction of sp³-hybridized carbons (Fsp3) is 0.294. The standard InChI is InChI=1S/C17H19ClFN/c1-4-20-17(13-5-7-14(18)8-6-13)16-12(3)9-11(2)10-15(16)19/h5-10,17,20H,4H2,1-3H3. The van der Waals surface area contributed by atoms with Gasteiger partial charge in [0.25, 0.3) is 0 Å². The molecule has 0 bridgehead atoms. The van der Waals surface area contributed by atoms with Crippen LogP contribution in [0.4, 0.5) is 4.39 Å². The highest BCUT2D eigenvalue weighted by Crippen LogP contribution is 2.29. The van der Waals surface area contributed by atoms with E-state index in [-0.39, 0.29) is 11.9 Å². The topological polar surface area (TPSA) is 12.0 Å². The molecule has 0 aliphatic rings. The third kappa shape index (κ3) is 3.20. The van der Waals surface area contributed by atoms with E-state index in [0.29, 0.717) is 10.6 Å². The van der Waals surface area contributed by atoms with E-state index in [1.807, 2.05) is 51.1 Å². The molecule has 1 N–H and O–H groups in total. The predicted molar refractivity (Wildman–Crippen MR) is 82.8 cm³/mol. The monoisotopic (exact) mass is 291 g/mol. The lowest BCUT2D eigenvalue weighted by Crippen LogP contribution is -2.24. The van der Waals surface area contributed by atoms with Crippen LogP contribution < -0.4 is 5.32 Å². The summed E-state index contributed by atoms with van der Waals surface area (Å²) in [5, 5.41) is 4.04. The molecule has 0 saturated heterocycles. The van der Waals surface area contributed by atoms with Crippen LogP contribution in [-0.4, -0.2) is 6.54 Å². The van der Waals surface area contributed by atoms with Gasteiger partial charge < -0.3 is 5.32 Å². The van der Waals surface area contributed by atoms with Gasteiger partial charge in [-0.15, -0.1) is 0 Å². The van der Waals surface area contributed by atoms with E-state index in [0.717, 1.165) is 23.2 Å². The molecule has 0 saturated carbocycles. The Morgan fingerprint density at radius 2 is 1.80 bits per heavy atom. The normalized spacial score (nSPS) is 12.4. The summed E-state index contributed by atoms with van der Waals surface area (Å²) in [6.07, 6.45) is 0. The maximum absolute atomic E-state index is 14.4. The molecule has 1 unspecified atom stereocenters. The molecule has 3 heteroatoms. The number of benzene rings is 2. The lowest BCUT2D eigenvalue weighted by molar-refractivity contribution is 0.555. The summed E-state index contributed by atoms with van der Waals surface area (Å²) in [5.41, 5.74) is 3.63. The first-order valence-electron chi connectivity index (χ1n) is 6.78. The molecule has 0 amide bonds. The Kier molecular flexibility index (Phi) is 4.79. The molecule has 2 aromatic carbocycles. The molecule has 1 nitrogen and oxygen atoms in total. The molecule has 20 heavy (non-hydrogen) atoms. The minimum absolute atomic E-state index is 0.155. The second kappa shape index (κ2) is 6.38. The van der Waals surface area contributed by atoms with Crippen molar-refractivity contribution in [3.8, 4) is 0 Å². The SMILES string of the molecule is CCNC(c1ccc(Cl)cc1)c1c(C)cc(C)cc1F. The molecule has 0 aliphatic heterocycles. The minimum atomic E-state index is -0.164. The van der Waals surface area contributed by atoms with E-state index in [9.17, 15) is 4.39 Å². The van der Waals surface area contributed by atoms with Gasteiger partial charge in [0.1, 0.15) is 5.82 Å². The number of nitrogens with one attached hydrogen (secondary N) is 1. The largest absolute Gasteiger partial charge is 0.306 e. The first-order chi connectivity index (χ1) is 9.52. The average Bonchev–Trinajstić information content (AvgIpc) is 2.37. The van der Waals surface area contributed by atoms with Crippen LogP contribution in [0.1, 0.15) is 35.2 Å². The minimum Gasteiger partial charge on any atom is -0.306 e. The first kappa shape index (κ1) is 15.0. The maximum atomic E-state index is 14.4. The Bertz CT molecular complexity index is 569. The Morgan fingerprint density at radius 1 is 1.15 bits per heavy atom. The van der Waals surface area contributed by atoms with Gasteiger partial charge in [0.15, 0.2) is 0 Å². The number of aryl methyl sites for hydroxylation is 2. The molecule has 0 aromatic heterocycles. The summed E-state index contributed by atoms with van der Waals surface area (Å²) in [6, 6.07) is 11.0. The van der Waals surface area contributed by atoms with Crippen molar-refractivity contribution in [2.24, 2.45) is 0 Å². The van der Waals surface area contributed by atoms with Gasteiger partial charge in [0.05, 0.1) is 6.04 Å². The van der Waals surface area contributed by atoms with Gasteiger partial charge in [-0.2, -0.15) is 0 Å². The zero-order chi connectivity index (χ0) is 14.7. The first-order valence-corrected chi connectivity index (χ1v) is 7.16. The number of rotatable bonds is 4. The number of hydrogen-bond donors (Lipinski definition) is 1. The highest BCUT2D eigenvalue weighted by Gasteiger charge is 2.19. The van der Waals surface area contributed by atoms with Gasteiger partial charge >= 0.3 is 0 Å². The van der Waals surface area contributed by atoms with Crippen molar-refractivity contribution in [2.75, 3.05) is 6.54 Å². The molecular weight excluding hydrogens is 273 g/mol. The summed E-state index contributed by atoms with van der Waals surface area (Å²) in [4.78, 5) is 0. The van der Waals surface area contributed by atoms with E-state index in [1.54, 1.807) is 6.07 Å². The van der Waals surface area contributed by atoms with E-state index in [2.05, 4.69) is 5.32 Å². The quantitative estimate of drug-likeness (QED) is 0.853. The molecule has 2 rings (SSSR count). The third-order valence-electron chi connectivity index (χ3n) is 3.38. The van der Waals surface area contributed by atoms with Gasteiger partial charge in [0, 0.05) is 10.6 Å². The Morgan fingerprint density at radius 3 is 2.35 bits per heavy atom. The van der Waals surface area contributed by atoms with Crippen LogP contribution in [0.15, 0.2) is 36.4 Å². The van der Waals surface area contributed by atoms with Crippen molar-refractivity contribution < 1.29 is 4.39 Å². The second-order valence-corrected chi connectivity index (χ2v) is 5.46. The molecule has 1 atom stereocenters. The lowest BCUT2D eigenvalue weighted by atomic mass is 9.93. The van der Waals surface area contributed by atoms with Crippen molar-refractivity contribution in [3.63, 3.8) is 0 Å². The molecular formula is C17H19ClFN. The second-order valence-electron chi connectivity index (χ2n) is 5.02. The van der Waals surface area contributed by atoms with Gasteiger partial charge in [0.2, 0.25) is 0 Å². The Hall–Kier alpha value is -1.38. The van der Waals surface area contributed by atoms with Gasteiger partial charge in [-0.05, 0) is 55.3 Å². The zero-order valence-electron chi connectivity index (χ0n) is 12.0. The highest BCUT2D eigenvalue weighted by molar-refractivity contribution is 6.30. The third-order valence-corrected chi connectivity index (χ3v) is 3.63. The molecule has 0 aliphatic carbocycles. The lowest BCUT2D eigenvalue weighted by Gasteiger charge is -2.22. The van der Waals surface area contributed by atoms with Crippen molar-refractivity contribution in [1.29, 1.82) is 0 Å². The fourth-order valence-corrected chi connectivity index (χ4v) is 2.66. The molecule has 0 spiro atoms. The van der Waals surface area contributed by atoms with Crippen LogP contribution in [-0.2, 0) is 0 Å². The van der Waals surface area contributed by atoms with Crippen molar-refractivity contribution in [3.05, 3.63) is 69.5 Å². The van der Waals surface area contributed by atoms with E-state index in [4.69, 9.17) is 11.6 Å². The van der Waals surface area contributed by atoms with E-state index >= 15 is 0 Å². The predicted octanol–water partition coefficient (Wildman–Crippen LogP) is 4.79. The van der Waals surface area contributed by atoms with E-state index < -0.39 is 0 Å². The molecule has 0 heterocycles. The van der Waals surface area contributed by atoms with Crippen LogP contribution in [0.25, 0.3) is 0 Å². The zero-order valence-corrected chi connectivity index (χ0v) is 12.8. The van der Waals surface area contributed by atoms with Crippen LogP contribution in [0.2, 0.25) is 5.02 Å². The van der Waals surface area contributed by atoms with Crippen LogP contribution >= 0.6 is 11.6 Å². The van der Waals surface area contributed by atoms with E-state index in [1.165, 1.54) is 0 Å². The summed E-state index contributed by atoms with van der Waals surface area (Å²) in [5.74, 6) is -0.164. The van der Waals surface area contributed by atoms with Crippen LogP contribution in [0.3, 0.4) is 0 Å².